The molecule has 0 aliphatic carbocycles. The van der Waals surface area contributed by atoms with Gasteiger partial charge in [0.15, 0.2) is 0 Å². The summed E-state index contributed by atoms with van der Waals surface area (Å²) >= 11 is 0. The Balaban J connectivity index is 2.10. The first-order valence-corrected chi connectivity index (χ1v) is 8.20. The molecule has 26 heavy (non-hydrogen) atoms. The Bertz CT molecular complexity index is 1310. The van der Waals surface area contributed by atoms with Crippen molar-refractivity contribution in [3.63, 3.8) is 0 Å². The highest BCUT2D eigenvalue weighted by atomic mass is 16.5. The van der Waals surface area contributed by atoms with Crippen molar-refractivity contribution in [3.8, 4) is 0 Å². The fraction of sp³-hybridized carbons (Fsp3) is 0.150. The van der Waals surface area contributed by atoms with E-state index < -0.39 is 11.4 Å². The number of rotatable bonds is 2. The number of fused-ring (bicyclic) bond motifs is 3. The van der Waals surface area contributed by atoms with Gasteiger partial charge in [0.2, 0.25) is 10.9 Å². The second-order valence-electron chi connectivity index (χ2n) is 6.03. The number of hydrogen-bond acceptors (Lipinski definition) is 5. The molecule has 4 aromatic rings. The van der Waals surface area contributed by atoms with Crippen molar-refractivity contribution in [3.05, 3.63) is 68.1 Å². The summed E-state index contributed by atoms with van der Waals surface area (Å²) in [7, 11) is 0. The molecule has 1 N–H and O–H groups in total. The van der Waals surface area contributed by atoms with Crippen molar-refractivity contribution in [1.82, 2.24) is 4.98 Å². The van der Waals surface area contributed by atoms with Crippen LogP contribution in [0.3, 0.4) is 0 Å². The molecular formula is C20H15NO5. The highest BCUT2D eigenvalue weighted by molar-refractivity contribution is 6.00. The summed E-state index contributed by atoms with van der Waals surface area (Å²) in [5.41, 5.74) is 1.36. The van der Waals surface area contributed by atoms with E-state index in [0.717, 1.165) is 5.56 Å². The van der Waals surface area contributed by atoms with Crippen LogP contribution in [0.5, 0.6) is 0 Å². The second-order valence-corrected chi connectivity index (χ2v) is 6.03. The smallest absolute Gasteiger partial charge is 0.343 e. The third-order valence-electron chi connectivity index (χ3n) is 4.39. The van der Waals surface area contributed by atoms with Gasteiger partial charge in [0.25, 0.3) is 0 Å². The molecule has 0 spiro atoms. The summed E-state index contributed by atoms with van der Waals surface area (Å²) in [4.78, 5) is 40.3. The molecule has 0 radical (unpaired) electrons. The third kappa shape index (κ3) is 2.30. The zero-order valence-electron chi connectivity index (χ0n) is 14.2. The van der Waals surface area contributed by atoms with Crippen LogP contribution in [-0.2, 0) is 4.74 Å². The minimum absolute atomic E-state index is 0.0852. The lowest BCUT2D eigenvalue weighted by Crippen LogP contribution is -2.18. The number of hydrogen-bond donors (Lipinski definition) is 1. The molecular weight excluding hydrogens is 334 g/mol. The molecule has 130 valence electrons. The second kappa shape index (κ2) is 5.84. The van der Waals surface area contributed by atoms with Gasteiger partial charge in [0.1, 0.15) is 16.7 Å². The van der Waals surface area contributed by atoms with E-state index in [-0.39, 0.29) is 23.0 Å². The average Bonchev–Trinajstić information content (AvgIpc) is 2.62. The highest BCUT2D eigenvalue weighted by Crippen LogP contribution is 2.24. The van der Waals surface area contributed by atoms with E-state index in [9.17, 15) is 14.4 Å². The Morgan fingerprint density at radius 3 is 2.69 bits per heavy atom. The third-order valence-corrected chi connectivity index (χ3v) is 4.39. The maximum Gasteiger partial charge on any atom is 0.343 e. The molecule has 0 aliphatic rings. The molecule has 0 saturated carbocycles. The van der Waals surface area contributed by atoms with Crippen LogP contribution in [0.4, 0.5) is 0 Å². The van der Waals surface area contributed by atoms with Crippen LogP contribution < -0.4 is 10.9 Å². The molecule has 6 nitrogen and oxygen atoms in total. The number of carbonyl (C=O) groups excluding carboxylic acids is 1. The average molecular weight is 349 g/mol. The van der Waals surface area contributed by atoms with E-state index in [0.29, 0.717) is 27.5 Å². The van der Waals surface area contributed by atoms with E-state index in [1.807, 2.05) is 13.0 Å². The molecule has 2 aromatic heterocycles. The van der Waals surface area contributed by atoms with Gasteiger partial charge >= 0.3 is 5.97 Å². The predicted molar refractivity (Wildman–Crippen MR) is 98.8 cm³/mol. The largest absolute Gasteiger partial charge is 0.462 e. The number of pyridine rings is 1. The zero-order chi connectivity index (χ0) is 18.4. The maximum atomic E-state index is 12.8. The number of para-hydroxylation sites is 1. The lowest BCUT2D eigenvalue weighted by molar-refractivity contribution is 0.0524. The maximum absolute atomic E-state index is 12.8. The molecule has 2 aromatic carbocycles. The molecule has 6 heteroatoms. The summed E-state index contributed by atoms with van der Waals surface area (Å²) in [5, 5.41) is 1.12. The van der Waals surface area contributed by atoms with Crippen molar-refractivity contribution in [2.24, 2.45) is 0 Å². The number of benzene rings is 2. The predicted octanol–water partition coefficient (Wildman–Crippen LogP) is 3.27. The number of ether oxygens (including phenoxy) is 1. The summed E-state index contributed by atoms with van der Waals surface area (Å²) in [6.07, 6.45) is 1.31. The van der Waals surface area contributed by atoms with Gasteiger partial charge in [-0.3, -0.25) is 9.59 Å². The molecule has 0 amide bonds. The molecule has 0 fully saturated rings. The first kappa shape index (κ1) is 16.1. The Morgan fingerprint density at radius 2 is 1.92 bits per heavy atom. The van der Waals surface area contributed by atoms with Gasteiger partial charge in [0, 0.05) is 6.20 Å². The van der Waals surface area contributed by atoms with Crippen LogP contribution in [0, 0.1) is 6.92 Å². The molecule has 2 heterocycles. The first-order valence-electron chi connectivity index (χ1n) is 8.20. The Hall–Kier alpha value is -3.41. The Kier molecular flexibility index (Phi) is 3.61. The lowest BCUT2D eigenvalue weighted by Gasteiger charge is -2.07. The monoisotopic (exact) mass is 349 g/mol. The summed E-state index contributed by atoms with van der Waals surface area (Å²) < 4.78 is 10.8. The summed E-state index contributed by atoms with van der Waals surface area (Å²) in [6.45, 7) is 3.70. The fourth-order valence-electron chi connectivity index (χ4n) is 3.09. The lowest BCUT2D eigenvalue weighted by atomic mass is 10.1. The molecule has 4 rings (SSSR count). The van der Waals surface area contributed by atoms with Gasteiger partial charge in [-0.15, -0.1) is 0 Å². The van der Waals surface area contributed by atoms with Crippen LogP contribution in [0.1, 0.15) is 22.8 Å². The number of nitrogens with one attached hydrogen (secondary N) is 1. The van der Waals surface area contributed by atoms with Crippen LogP contribution in [0.2, 0.25) is 0 Å². The van der Waals surface area contributed by atoms with E-state index in [1.165, 1.54) is 12.3 Å². The molecule has 0 aliphatic heterocycles. The molecule has 0 bridgehead atoms. The number of aromatic nitrogens is 1. The van der Waals surface area contributed by atoms with E-state index in [2.05, 4.69) is 4.98 Å². The number of aromatic amines is 1. The number of carbonyl (C=O) groups is 1. The number of aryl methyl sites for hydroxylation is 1. The zero-order valence-corrected chi connectivity index (χ0v) is 14.2. The fourth-order valence-corrected chi connectivity index (χ4v) is 3.09. The van der Waals surface area contributed by atoms with Crippen LogP contribution >= 0.6 is 0 Å². The van der Waals surface area contributed by atoms with E-state index in [1.54, 1.807) is 25.1 Å². The van der Waals surface area contributed by atoms with E-state index >= 15 is 0 Å². The molecule has 0 unspecified atom stereocenters. The normalized spacial score (nSPS) is 11.3. The highest BCUT2D eigenvalue weighted by Gasteiger charge is 2.16. The Labute approximate surface area is 147 Å². The Morgan fingerprint density at radius 1 is 1.12 bits per heavy atom. The van der Waals surface area contributed by atoms with Crippen LogP contribution in [0.15, 0.2) is 50.5 Å². The van der Waals surface area contributed by atoms with Crippen LogP contribution in [-0.4, -0.2) is 17.6 Å². The first-order chi connectivity index (χ1) is 12.5. The SMILES string of the molecule is CCOC(=O)c1c[nH]c2cc3c(=O)c4cccc(C)c4oc3cc2c1=O. The van der Waals surface area contributed by atoms with Crippen molar-refractivity contribution < 1.29 is 13.9 Å². The topological polar surface area (TPSA) is 89.4 Å². The summed E-state index contributed by atoms with van der Waals surface area (Å²) in [6, 6.07) is 8.44. The number of esters is 1. The van der Waals surface area contributed by atoms with Crippen molar-refractivity contribution in [2.45, 2.75) is 13.8 Å². The van der Waals surface area contributed by atoms with Gasteiger partial charge in [-0.2, -0.15) is 0 Å². The quantitative estimate of drug-likeness (QED) is 0.443. The number of H-pyrrole nitrogens is 1. The van der Waals surface area contributed by atoms with Gasteiger partial charge in [-0.25, -0.2) is 4.79 Å². The van der Waals surface area contributed by atoms with Crippen molar-refractivity contribution >= 4 is 38.8 Å². The molecule has 0 atom stereocenters. The minimum Gasteiger partial charge on any atom is -0.462 e. The van der Waals surface area contributed by atoms with Gasteiger partial charge in [-0.05, 0) is 37.6 Å². The molecule has 0 saturated heterocycles. The van der Waals surface area contributed by atoms with Gasteiger partial charge in [0.05, 0.1) is 28.3 Å². The summed E-state index contributed by atoms with van der Waals surface area (Å²) in [5.74, 6) is -0.688. The van der Waals surface area contributed by atoms with Crippen LogP contribution in [0.25, 0.3) is 32.8 Å². The van der Waals surface area contributed by atoms with Crippen molar-refractivity contribution in [1.29, 1.82) is 0 Å². The van der Waals surface area contributed by atoms with Gasteiger partial charge < -0.3 is 14.1 Å². The van der Waals surface area contributed by atoms with E-state index in [4.69, 9.17) is 9.15 Å². The standard InChI is InChI=1S/C20H15NO5/c1-3-25-20(24)14-9-21-15-7-13-16(8-12(15)18(14)23)26-19-10(2)5-4-6-11(19)17(13)22/h4-9H,3H2,1-2H3,(H,21,23). The van der Waals surface area contributed by atoms with Crippen molar-refractivity contribution in [2.75, 3.05) is 6.61 Å². The van der Waals surface area contributed by atoms with Gasteiger partial charge in [-0.1, -0.05) is 12.1 Å². The minimum atomic E-state index is -0.688.